The predicted octanol–water partition coefficient (Wildman–Crippen LogP) is 3.27. The summed E-state index contributed by atoms with van der Waals surface area (Å²) < 4.78 is 14.3. The molecule has 0 aliphatic carbocycles. The Hall–Kier alpha value is -2.96. The van der Waals surface area contributed by atoms with Crippen LogP contribution in [0.1, 0.15) is 48.0 Å². The van der Waals surface area contributed by atoms with Gasteiger partial charge in [0.25, 0.3) is 5.91 Å². The maximum Gasteiger partial charge on any atom is 0.254 e. The fraction of sp³-hybridized carbons (Fsp3) is 0.409. The lowest BCUT2D eigenvalue weighted by Gasteiger charge is -2.27. The highest BCUT2D eigenvalue weighted by Gasteiger charge is 2.23. The van der Waals surface area contributed by atoms with E-state index in [1.54, 1.807) is 17.2 Å². The van der Waals surface area contributed by atoms with Crippen LogP contribution in [0, 0.1) is 5.82 Å². The number of nitrogens with zero attached hydrogens (tertiary/aromatic N) is 3. The van der Waals surface area contributed by atoms with E-state index in [0.717, 1.165) is 43.7 Å². The highest BCUT2D eigenvalue weighted by molar-refractivity contribution is 5.99. The molecule has 2 amide bonds. The molecule has 1 aromatic carbocycles. The van der Waals surface area contributed by atoms with Gasteiger partial charge < -0.3 is 15.1 Å². The first kappa shape index (κ1) is 19.4. The van der Waals surface area contributed by atoms with Crippen molar-refractivity contribution >= 4 is 23.3 Å². The van der Waals surface area contributed by atoms with Crippen LogP contribution in [0.25, 0.3) is 0 Å². The van der Waals surface area contributed by atoms with Gasteiger partial charge in [-0.2, -0.15) is 0 Å². The molecule has 0 unspecified atom stereocenters. The van der Waals surface area contributed by atoms with Crippen molar-refractivity contribution in [3.63, 3.8) is 0 Å². The Morgan fingerprint density at radius 2 is 1.90 bits per heavy atom. The zero-order valence-electron chi connectivity index (χ0n) is 16.4. The van der Waals surface area contributed by atoms with Crippen LogP contribution in [0.2, 0.25) is 0 Å². The van der Waals surface area contributed by atoms with Crippen LogP contribution in [0.5, 0.6) is 0 Å². The van der Waals surface area contributed by atoms with Crippen molar-refractivity contribution in [3.05, 3.63) is 53.5 Å². The van der Waals surface area contributed by atoms with Gasteiger partial charge in [0.15, 0.2) is 0 Å². The Morgan fingerprint density at radius 1 is 1.07 bits per heavy atom. The molecule has 7 heteroatoms. The molecule has 1 aromatic heterocycles. The molecular weight excluding hydrogens is 371 g/mol. The molecule has 0 saturated carbocycles. The number of hydrogen-bond acceptors (Lipinski definition) is 4. The average molecular weight is 396 g/mol. The number of carbonyl (C=O) groups is 2. The SMILES string of the molecule is O=C(NCc1ccnc(N2CCCCC2)c1)c1cc(N2CCCC2=O)ccc1F. The van der Waals surface area contributed by atoms with E-state index in [1.807, 2.05) is 12.1 Å². The molecule has 1 N–H and O–H groups in total. The molecule has 2 saturated heterocycles. The van der Waals surface area contributed by atoms with Crippen LogP contribution in [0.15, 0.2) is 36.5 Å². The van der Waals surface area contributed by atoms with E-state index in [9.17, 15) is 14.0 Å². The molecule has 152 valence electrons. The van der Waals surface area contributed by atoms with Crippen molar-refractivity contribution in [1.29, 1.82) is 0 Å². The Kier molecular flexibility index (Phi) is 5.74. The van der Waals surface area contributed by atoms with E-state index in [-0.39, 0.29) is 18.0 Å². The second-order valence-electron chi connectivity index (χ2n) is 7.57. The maximum absolute atomic E-state index is 14.3. The first-order valence-corrected chi connectivity index (χ1v) is 10.2. The van der Waals surface area contributed by atoms with E-state index >= 15 is 0 Å². The minimum Gasteiger partial charge on any atom is -0.357 e. The largest absolute Gasteiger partial charge is 0.357 e. The number of amides is 2. The lowest BCUT2D eigenvalue weighted by molar-refractivity contribution is -0.117. The number of halogens is 1. The third-order valence-electron chi connectivity index (χ3n) is 5.52. The topological polar surface area (TPSA) is 65.5 Å². The highest BCUT2D eigenvalue weighted by atomic mass is 19.1. The van der Waals surface area contributed by atoms with Crippen LogP contribution >= 0.6 is 0 Å². The molecule has 2 aliphatic heterocycles. The summed E-state index contributed by atoms with van der Waals surface area (Å²) in [4.78, 5) is 32.8. The molecule has 3 heterocycles. The molecule has 29 heavy (non-hydrogen) atoms. The fourth-order valence-electron chi connectivity index (χ4n) is 3.92. The molecule has 6 nitrogen and oxygen atoms in total. The van der Waals surface area contributed by atoms with Gasteiger partial charge in [0.2, 0.25) is 5.91 Å². The molecule has 0 spiro atoms. The normalized spacial score (nSPS) is 16.9. The molecular formula is C22H25FN4O2. The maximum atomic E-state index is 14.3. The zero-order valence-corrected chi connectivity index (χ0v) is 16.4. The summed E-state index contributed by atoms with van der Waals surface area (Å²) in [7, 11) is 0. The number of hydrogen-bond donors (Lipinski definition) is 1. The predicted molar refractivity (Wildman–Crippen MR) is 109 cm³/mol. The number of piperidine rings is 1. The summed E-state index contributed by atoms with van der Waals surface area (Å²) in [6.45, 7) is 2.88. The molecule has 2 aromatic rings. The second-order valence-corrected chi connectivity index (χ2v) is 7.57. The van der Waals surface area contributed by atoms with Gasteiger partial charge in [0, 0.05) is 44.5 Å². The van der Waals surface area contributed by atoms with Crippen LogP contribution in [0.3, 0.4) is 0 Å². The number of benzene rings is 1. The fourth-order valence-corrected chi connectivity index (χ4v) is 3.92. The van der Waals surface area contributed by atoms with E-state index in [0.29, 0.717) is 18.7 Å². The molecule has 4 rings (SSSR count). The van der Waals surface area contributed by atoms with Crippen LogP contribution in [0.4, 0.5) is 15.9 Å². The minimum absolute atomic E-state index is 0.00462. The van der Waals surface area contributed by atoms with Crippen molar-refractivity contribution in [3.8, 4) is 0 Å². The summed E-state index contributed by atoms with van der Waals surface area (Å²) >= 11 is 0. The molecule has 2 fully saturated rings. The number of rotatable bonds is 5. The second kappa shape index (κ2) is 8.59. The monoisotopic (exact) mass is 396 g/mol. The van der Waals surface area contributed by atoms with Crippen molar-refractivity contribution in [2.24, 2.45) is 0 Å². The summed E-state index contributed by atoms with van der Waals surface area (Å²) in [6, 6.07) is 8.07. The van der Waals surface area contributed by atoms with E-state index in [1.165, 1.54) is 18.6 Å². The number of nitrogens with one attached hydrogen (secondary N) is 1. The van der Waals surface area contributed by atoms with Gasteiger partial charge in [-0.25, -0.2) is 9.37 Å². The quantitative estimate of drug-likeness (QED) is 0.843. The van der Waals surface area contributed by atoms with Gasteiger partial charge in [0.05, 0.1) is 5.56 Å². The third kappa shape index (κ3) is 4.39. The lowest BCUT2D eigenvalue weighted by atomic mass is 10.1. The standard InChI is InChI=1S/C22H25FN4O2/c23-19-7-6-17(27-12-4-5-21(27)28)14-18(19)22(29)25-15-16-8-9-24-20(13-16)26-10-2-1-3-11-26/h6-9,13-14H,1-5,10-12,15H2,(H,25,29). The number of carbonyl (C=O) groups excluding carboxylic acids is 2. The molecule has 0 atom stereocenters. The summed E-state index contributed by atoms with van der Waals surface area (Å²) in [5, 5.41) is 2.79. The Morgan fingerprint density at radius 3 is 2.66 bits per heavy atom. The van der Waals surface area contributed by atoms with Gasteiger partial charge in [-0.05, 0) is 61.6 Å². The Balaban J connectivity index is 1.44. The Bertz CT molecular complexity index is 911. The van der Waals surface area contributed by atoms with Gasteiger partial charge in [-0.3, -0.25) is 9.59 Å². The van der Waals surface area contributed by atoms with E-state index in [4.69, 9.17) is 0 Å². The summed E-state index contributed by atoms with van der Waals surface area (Å²) in [6.07, 6.45) is 6.58. The van der Waals surface area contributed by atoms with Crippen LogP contribution in [-0.4, -0.2) is 36.4 Å². The molecule has 2 aliphatic rings. The van der Waals surface area contributed by atoms with Crippen molar-refractivity contribution in [1.82, 2.24) is 10.3 Å². The number of pyridine rings is 1. The number of aromatic nitrogens is 1. The first-order chi connectivity index (χ1) is 14.1. The van der Waals surface area contributed by atoms with Gasteiger partial charge in [0.1, 0.15) is 11.6 Å². The lowest BCUT2D eigenvalue weighted by Crippen LogP contribution is -2.30. The first-order valence-electron chi connectivity index (χ1n) is 10.2. The smallest absolute Gasteiger partial charge is 0.254 e. The molecule has 0 bridgehead atoms. The van der Waals surface area contributed by atoms with Crippen molar-refractivity contribution in [2.45, 2.75) is 38.6 Å². The minimum atomic E-state index is -0.596. The van der Waals surface area contributed by atoms with Crippen molar-refractivity contribution in [2.75, 3.05) is 29.4 Å². The third-order valence-corrected chi connectivity index (χ3v) is 5.52. The summed E-state index contributed by atoms with van der Waals surface area (Å²) in [5.41, 5.74) is 1.43. The number of anilines is 2. The average Bonchev–Trinajstić information content (AvgIpc) is 3.19. The van der Waals surface area contributed by atoms with Crippen molar-refractivity contribution < 1.29 is 14.0 Å². The van der Waals surface area contributed by atoms with Gasteiger partial charge in [-0.15, -0.1) is 0 Å². The highest BCUT2D eigenvalue weighted by Crippen LogP contribution is 2.24. The van der Waals surface area contributed by atoms with E-state index in [2.05, 4.69) is 15.2 Å². The van der Waals surface area contributed by atoms with Crippen LogP contribution < -0.4 is 15.1 Å². The zero-order chi connectivity index (χ0) is 20.2. The van der Waals surface area contributed by atoms with Crippen LogP contribution in [-0.2, 0) is 11.3 Å². The van der Waals surface area contributed by atoms with Gasteiger partial charge >= 0.3 is 0 Å². The molecule has 0 radical (unpaired) electrons. The Labute approximate surface area is 169 Å². The van der Waals surface area contributed by atoms with Gasteiger partial charge in [-0.1, -0.05) is 0 Å². The van der Waals surface area contributed by atoms with E-state index < -0.39 is 11.7 Å². The summed E-state index contributed by atoms with van der Waals surface area (Å²) in [5.74, 6) is -0.170.